The smallest absolute Gasteiger partial charge is 0.257 e. The van der Waals surface area contributed by atoms with E-state index >= 15 is 0 Å². The number of carbonyl (C=O) groups is 3. The molecular weight excluding hydrogens is 572 g/mol. The average molecular weight is 608 g/mol. The van der Waals surface area contributed by atoms with Crippen molar-refractivity contribution in [3.8, 4) is 5.75 Å². The normalized spacial score (nSPS) is 18.8. The fourth-order valence-electron chi connectivity index (χ4n) is 6.29. The lowest BCUT2D eigenvalue weighted by Crippen LogP contribution is -2.61. The van der Waals surface area contributed by atoms with Crippen molar-refractivity contribution in [2.24, 2.45) is 0 Å². The average Bonchev–Trinajstić information content (AvgIpc) is 3.15. The highest BCUT2D eigenvalue weighted by Crippen LogP contribution is 2.39. The molecule has 3 amide bonds. The molecule has 3 heterocycles. The van der Waals surface area contributed by atoms with Crippen LogP contribution in [0.15, 0.2) is 47.5 Å². The number of aryl methyl sites for hydroxylation is 1. The number of rotatable bonds is 6. The minimum Gasteiger partial charge on any atom is -0.497 e. The van der Waals surface area contributed by atoms with Crippen LogP contribution in [0.5, 0.6) is 5.75 Å². The zero-order valence-electron chi connectivity index (χ0n) is 23.6. The zero-order chi connectivity index (χ0) is 28.9. The van der Waals surface area contributed by atoms with Crippen molar-refractivity contribution in [3.05, 3.63) is 75.4 Å². The van der Waals surface area contributed by atoms with Crippen LogP contribution in [-0.2, 0) is 22.6 Å². The van der Waals surface area contributed by atoms with Crippen LogP contribution in [0, 0.1) is 13.8 Å². The maximum atomic E-state index is 14.4. The predicted molar refractivity (Wildman–Crippen MR) is 159 cm³/mol. The van der Waals surface area contributed by atoms with Gasteiger partial charge in [0.25, 0.3) is 5.91 Å². The number of methoxy groups -OCH3 is 1. The Balaban J connectivity index is 1.47. The van der Waals surface area contributed by atoms with Gasteiger partial charge in [-0.2, -0.15) is 0 Å². The highest BCUT2D eigenvalue weighted by atomic mass is 79.9. The molecule has 0 aliphatic carbocycles. The van der Waals surface area contributed by atoms with E-state index in [0.29, 0.717) is 18.7 Å². The molecule has 1 saturated heterocycles. The molecule has 5 rings (SSSR count). The van der Waals surface area contributed by atoms with Gasteiger partial charge < -0.3 is 24.4 Å². The monoisotopic (exact) mass is 606 g/mol. The van der Waals surface area contributed by atoms with Gasteiger partial charge in [0.2, 0.25) is 11.8 Å². The van der Waals surface area contributed by atoms with E-state index in [4.69, 9.17) is 4.74 Å². The van der Waals surface area contributed by atoms with Crippen molar-refractivity contribution < 1.29 is 19.1 Å². The summed E-state index contributed by atoms with van der Waals surface area (Å²) in [5.74, 6) is 0.486. The first kappa shape index (κ1) is 28.0. The lowest BCUT2D eigenvalue weighted by atomic mass is 9.88. The zero-order valence-corrected chi connectivity index (χ0v) is 25.2. The number of hydrogen-bond donors (Lipinski definition) is 1. The molecule has 0 radical (unpaired) electrons. The maximum Gasteiger partial charge on any atom is 0.257 e. The van der Waals surface area contributed by atoms with Crippen molar-refractivity contribution in [1.82, 2.24) is 19.7 Å². The van der Waals surface area contributed by atoms with Gasteiger partial charge in [0.05, 0.1) is 30.3 Å². The molecule has 2 aliphatic heterocycles. The van der Waals surface area contributed by atoms with Gasteiger partial charge in [-0.3, -0.25) is 14.4 Å². The maximum absolute atomic E-state index is 14.4. The summed E-state index contributed by atoms with van der Waals surface area (Å²) >= 11 is 3.61. The third kappa shape index (κ3) is 4.80. The van der Waals surface area contributed by atoms with E-state index in [1.807, 2.05) is 41.5 Å². The Hall–Kier alpha value is -3.59. The van der Waals surface area contributed by atoms with Crippen LogP contribution < -0.4 is 10.1 Å². The summed E-state index contributed by atoms with van der Waals surface area (Å²) in [7, 11) is 1.66. The summed E-state index contributed by atoms with van der Waals surface area (Å²) in [6.45, 7) is 12.6. The molecule has 2 aliphatic rings. The number of nitrogens with one attached hydrogen (secondary N) is 1. The molecule has 2 aromatic carbocycles. The molecule has 0 saturated carbocycles. The number of carbonyl (C=O) groups excluding carboxylic acids is 3. The molecule has 9 heteroatoms. The molecule has 8 nitrogen and oxygen atoms in total. The number of benzene rings is 2. The third-order valence-electron chi connectivity index (χ3n) is 8.26. The number of halogens is 1. The van der Waals surface area contributed by atoms with Crippen molar-refractivity contribution >= 4 is 44.6 Å². The molecular formula is C31H35BrN4O4. The van der Waals surface area contributed by atoms with Crippen LogP contribution in [0.4, 0.5) is 0 Å². The Bertz CT molecular complexity index is 1540. The molecule has 2 unspecified atom stereocenters. The quantitative estimate of drug-likeness (QED) is 0.413. The van der Waals surface area contributed by atoms with Gasteiger partial charge in [-0.15, -0.1) is 0 Å². The van der Waals surface area contributed by atoms with Gasteiger partial charge in [0.15, 0.2) is 0 Å². The van der Waals surface area contributed by atoms with E-state index in [1.54, 1.807) is 12.0 Å². The minimum absolute atomic E-state index is 0.0173. The Labute approximate surface area is 243 Å². The molecule has 40 heavy (non-hydrogen) atoms. The summed E-state index contributed by atoms with van der Waals surface area (Å²) in [6.07, 6.45) is 2.02. The number of aromatic nitrogens is 1. The van der Waals surface area contributed by atoms with Gasteiger partial charge in [-0.1, -0.05) is 28.6 Å². The minimum atomic E-state index is -0.153. The number of ether oxygens (including phenoxy) is 1. The number of amides is 3. The molecule has 0 spiro atoms. The van der Waals surface area contributed by atoms with Crippen LogP contribution in [0.1, 0.15) is 52.6 Å². The third-order valence-corrected chi connectivity index (χ3v) is 8.72. The molecule has 2 atom stereocenters. The SMILES string of the molecule is C=CC(=O)N1CC(NC(=O)Cn2c(C)c(C(=O)N3C(C)Cc4cc(OC)ccc4C3C)c3cc(Br)cc(C)c32)C1. The first-order valence-electron chi connectivity index (χ1n) is 13.5. The van der Waals surface area contributed by atoms with E-state index in [-0.39, 0.29) is 42.4 Å². The van der Waals surface area contributed by atoms with Crippen molar-refractivity contribution in [2.45, 2.75) is 58.8 Å². The van der Waals surface area contributed by atoms with E-state index in [0.717, 1.165) is 44.4 Å². The van der Waals surface area contributed by atoms with Crippen LogP contribution in [0.2, 0.25) is 0 Å². The lowest BCUT2D eigenvalue weighted by Gasteiger charge is -2.40. The summed E-state index contributed by atoms with van der Waals surface area (Å²) in [6, 6.07) is 9.81. The van der Waals surface area contributed by atoms with Crippen LogP contribution in [0.3, 0.4) is 0 Å². The Morgan fingerprint density at radius 2 is 1.88 bits per heavy atom. The summed E-state index contributed by atoms with van der Waals surface area (Å²) < 4.78 is 8.26. The van der Waals surface area contributed by atoms with E-state index < -0.39 is 0 Å². The van der Waals surface area contributed by atoms with Gasteiger partial charge in [-0.05, 0) is 81.1 Å². The van der Waals surface area contributed by atoms with Crippen LogP contribution >= 0.6 is 15.9 Å². The molecule has 1 N–H and O–H groups in total. The van der Waals surface area contributed by atoms with Gasteiger partial charge in [0, 0.05) is 34.7 Å². The predicted octanol–water partition coefficient (Wildman–Crippen LogP) is 4.69. The Morgan fingerprint density at radius 1 is 1.15 bits per heavy atom. The first-order chi connectivity index (χ1) is 19.0. The fraction of sp³-hybridized carbons (Fsp3) is 0.387. The second-order valence-electron chi connectivity index (χ2n) is 10.9. The van der Waals surface area contributed by atoms with E-state index in [9.17, 15) is 14.4 Å². The molecule has 1 fully saturated rings. The van der Waals surface area contributed by atoms with E-state index in [1.165, 1.54) is 11.6 Å². The number of hydrogen-bond acceptors (Lipinski definition) is 4. The highest BCUT2D eigenvalue weighted by Gasteiger charge is 2.36. The number of nitrogens with zero attached hydrogens (tertiary/aromatic N) is 3. The van der Waals surface area contributed by atoms with Crippen molar-refractivity contribution in [3.63, 3.8) is 0 Å². The second kappa shape index (κ2) is 10.8. The molecule has 210 valence electrons. The van der Waals surface area contributed by atoms with Crippen molar-refractivity contribution in [2.75, 3.05) is 20.2 Å². The Kier molecular flexibility index (Phi) is 7.52. The van der Waals surface area contributed by atoms with E-state index in [2.05, 4.69) is 53.8 Å². The summed E-state index contributed by atoms with van der Waals surface area (Å²) in [4.78, 5) is 42.9. The molecule has 3 aromatic rings. The standard InChI is InChI=1S/C31H35BrN4O4/c1-7-28(38)34-14-23(15-34)33-27(37)16-35-20(5)29(26-13-22(32)10-17(2)30(26)35)31(39)36-18(3)11-21-12-24(40-6)8-9-25(21)19(36)4/h7-10,12-13,18-19,23H,1,11,14-16H2,2-6H3,(H,33,37). The molecule has 1 aromatic heterocycles. The largest absolute Gasteiger partial charge is 0.497 e. The van der Waals surface area contributed by atoms with Gasteiger partial charge >= 0.3 is 0 Å². The van der Waals surface area contributed by atoms with Gasteiger partial charge in [0.1, 0.15) is 12.3 Å². The highest BCUT2D eigenvalue weighted by molar-refractivity contribution is 9.10. The molecule has 0 bridgehead atoms. The Morgan fingerprint density at radius 3 is 2.55 bits per heavy atom. The number of likely N-dealkylation sites (tertiary alicyclic amines) is 1. The number of fused-ring (bicyclic) bond motifs is 2. The van der Waals surface area contributed by atoms with Crippen LogP contribution in [0.25, 0.3) is 10.9 Å². The summed E-state index contributed by atoms with van der Waals surface area (Å²) in [5.41, 5.74) is 5.54. The van der Waals surface area contributed by atoms with Crippen molar-refractivity contribution in [1.29, 1.82) is 0 Å². The lowest BCUT2D eigenvalue weighted by molar-refractivity contribution is -0.133. The van der Waals surface area contributed by atoms with Gasteiger partial charge in [-0.25, -0.2) is 0 Å². The van der Waals surface area contributed by atoms with Crippen LogP contribution in [-0.4, -0.2) is 64.4 Å². The summed E-state index contributed by atoms with van der Waals surface area (Å²) in [5, 5.41) is 3.86. The fourth-order valence-corrected chi connectivity index (χ4v) is 6.86. The topological polar surface area (TPSA) is 83.9 Å². The first-order valence-corrected chi connectivity index (χ1v) is 14.3. The second-order valence-corrected chi connectivity index (χ2v) is 11.8.